The van der Waals surface area contributed by atoms with E-state index in [2.05, 4.69) is 86.2 Å². The SMILES string of the molecule is Cc1ccc2c(c1)ncc1ncc(CCc3ccc(OCCC(C)(C)C)cc3)cc12. The summed E-state index contributed by atoms with van der Waals surface area (Å²) in [5, 5.41) is 2.35. The van der Waals surface area contributed by atoms with Crippen LogP contribution in [0, 0.1) is 12.3 Å². The second-order valence-electron chi connectivity index (χ2n) is 9.36. The average Bonchev–Trinajstić information content (AvgIpc) is 2.72. The van der Waals surface area contributed by atoms with Gasteiger partial charge in [0.25, 0.3) is 0 Å². The third-order valence-electron chi connectivity index (χ3n) is 5.49. The molecule has 4 rings (SSSR count). The number of hydrogen-bond acceptors (Lipinski definition) is 3. The van der Waals surface area contributed by atoms with Crippen LogP contribution in [0.1, 0.15) is 43.9 Å². The van der Waals surface area contributed by atoms with Gasteiger partial charge in [0.1, 0.15) is 5.75 Å². The van der Waals surface area contributed by atoms with Crippen LogP contribution in [0.4, 0.5) is 0 Å². The quantitative estimate of drug-likeness (QED) is 0.339. The predicted octanol–water partition coefficient (Wildman–Crippen LogP) is 6.69. The number of hydrogen-bond donors (Lipinski definition) is 0. The molecule has 0 aliphatic rings. The molecule has 0 radical (unpaired) electrons. The zero-order chi connectivity index (χ0) is 21.1. The fraction of sp³-hybridized carbons (Fsp3) is 0.333. The van der Waals surface area contributed by atoms with Gasteiger partial charge in [0.2, 0.25) is 0 Å². The fourth-order valence-electron chi connectivity index (χ4n) is 3.60. The second-order valence-corrected chi connectivity index (χ2v) is 9.36. The predicted molar refractivity (Wildman–Crippen MR) is 125 cm³/mol. The summed E-state index contributed by atoms with van der Waals surface area (Å²) >= 11 is 0. The number of aromatic nitrogens is 2. The lowest BCUT2D eigenvalue weighted by Crippen LogP contribution is -2.11. The number of pyridine rings is 2. The van der Waals surface area contributed by atoms with Gasteiger partial charge in [-0.15, -0.1) is 0 Å². The Morgan fingerprint density at radius 2 is 1.50 bits per heavy atom. The monoisotopic (exact) mass is 398 g/mol. The van der Waals surface area contributed by atoms with Gasteiger partial charge in [-0.05, 0) is 72.6 Å². The molecule has 0 spiro atoms. The molecule has 3 heteroatoms. The minimum atomic E-state index is 0.300. The molecule has 0 N–H and O–H groups in total. The third kappa shape index (κ3) is 4.96. The summed E-state index contributed by atoms with van der Waals surface area (Å²) in [4.78, 5) is 9.21. The van der Waals surface area contributed by atoms with Gasteiger partial charge in [-0.1, -0.05) is 45.0 Å². The van der Waals surface area contributed by atoms with E-state index in [1.165, 1.54) is 27.5 Å². The van der Waals surface area contributed by atoms with Crippen molar-refractivity contribution in [3.05, 3.63) is 77.6 Å². The molecule has 4 aromatic rings. The van der Waals surface area contributed by atoms with Gasteiger partial charge in [0.05, 0.1) is 23.8 Å². The number of aryl methyl sites for hydroxylation is 3. The van der Waals surface area contributed by atoms with Crippen LogP contribution >= 0.6 is 0 Å². The highest BCUT2D eigenvalue weighted by atomic mass is 16.5. The Balaban J connectivity index is 1.44. The van der Waals surface area contributed by atoms with Crippen LogP contribution < -0.4 is 4.74 Å². The smallest absolute Gasteiger partial charge is 0.119 e. The Kier molecular flexibility index (Phi) is 5.72. The number of ether oxygens (including phenoxy) is 1. The number of nitrogens with zero attached hydrogens (tertiary/aromatic N) is 2. The highest BCUT2D eigenvalue weighted by molar-refractivity contribution is 6.04. The number of rotatable bonds is 6. The molecule has 0 aliphatic heterocycles. The Morgan fingerprint density at radius 3 is 2.27 bits per heavy atom. The Hall–Kier alpha value is -2.94. The Morgan fingerprint density at radius 1 is 0.767 bits per heavy atom. The highest BCUT2D eigenvalue weighted by Crippen LogP contribution is 2.25. The first-order chi connectivity index (χ1) is 14.4. The van der Waals surface area contributed by atoms with Crippen molar-refractivity contribution in [2.45, 2.75) is 47.0 Å². The lowest BCUT2D eigenvalue weighted by molar-refractivity contribution is 0.243. The van der Waals surface area contributed by atoms with Crippen molar-refractivity contribution < 1.29 is 4.74 Å². The van der Waals surface area contributed by atoms with Crippen molar-refractivity contribution in [2.75, 3.05) is 6.61 Å². The van der Waals surface area contributed by atoms with Crippen LogP contribution in [0.25, 0.3) is 21.8 Å². The van der Waals surface area contributed by atoms with Crippen LogP contribution in [-0.2, 0) is 12.8 Å². The van der Waals surface area contributed by atoms with Gasteiger partial charge in [-0.3, -0.25) is 9.97 Å². The molecule has 30 heavy (non-hydrogen) atoms. The lowest BCUT2D eigenvalue weighted by Gasteiger charge is -2.18. The van der Waals surface area contributed by atoms with Gasteiger partial charge >= 0.3 is 0 Å². The van der Waals surface area contributed by atoms with E-state index < -0.39 is 0 Å². The molecular formula is C27H30N2O. The summed E-state index contributed by atoms with van der Waals surface area (Å²) in [6.45, 7) is 9.57. The average molecular weight is 399 g/mol. The van der Waals surface area contributed by atoms with E-state index in [-0.39, 0.29) is 0 Å². The fourth-order valence-corrected chi connectivity index (χ4v) is 3.60. The zero-order valence-electron chi connectivity index (χ0n) is 18.4. The summed E-state index contributed by atoms with van der Waals surface area (Å²) in [5.41, 5.74) is 6.07. The summed E-state index contributed by atoms with van der Waals surface area (Å²) in [5.74, 6) is 0.949. The zero-order valence-corrected chi connectivity index (χ0v) is 18.4. The Labute approximate surface area is 179 Å². The van der Waals surface area contributed by atoms with Gasteiger partial charge in [-0.2, -0.15) is 0 Å². The van der Waals surface area contributed by atoms with Crippen LogP contribution in [0.15, 0.2) is 60.9 Å². The standard InChI is InChI=1S/C27H30N2O/c1-19-5-12-23-24-16-21(17-28-26(24)18-29-25(23)15-19)7-6-20-8-10-22(11-9-20)30-14-13-27(2,3)4/h5,8-12,15-18H,6-7,13-14H2,1-4H3. The lowest BCUT2D eigenvalue weighted by atomic mass is 9.93. The van der Waals surface area contributed by atoms with E-state index >= 15 is 0 Å². The molecule has 2 aromatic carbocycles. The van der Waals surface area contributed by atoms with E-state index in [0.29, 0.717) is 5.41 Å². The van der Waals surface area contributed by atoms with Gasteiger partial charge in [0.15, 0.2) is 0 Å². The Bertz CT molecular complexity index is 1160. The van der Waals surface area contributed by atoms with Gasteiger partial charge in [0, 0.05) is 17.0 Å². The van der Waals surface area contributed by atoms with E-state index in [9.17, 15) is 0 Å². The van der Waals surface area contributed by atoms with Crippen LogP contribution in [0.2, 0.25) is 0 Å². The van der Waals surface area contributed by atoms with Crippen LogP contribution in [0.3, 0.4) is 0 Å². The van der Waals surface area contributed by atoms with Crippen LogP contribution in [0.5, 0.6) is 5.75 Å². The molecule has 0 aliphatic carbocycles. The second kappa shape index (κ2) is 8.43. The van der Waals surface area contributed by atoms with Crippen molar-refractivity contribution in [3.8, 4) is 5.75 Å². The summed E-state index contributed by atoms with van der Waals surface area (Å²) < 4.78 is 5.88. The minimum Gasteiger partial charge on any atom is -0.494 e. The van der Waals surface area contributed by atoms with Crippen molar-refractivity contribution in [3.63, 3.8) is 0 Å². The maximum atomic E-state index is 5.88. The number of benzene rings is 2. The molecule has 154 valence electrons. The molecule has 0 unspecified atom stereocenters. The molecule has 0 saturated heterocycles. The van der Waals surface area contributed by atoms with Crippen LogP contribution in [-0.4, -0.2) is 16.6 Å². The number of fused-ring (bicyclic) bond motifs is 3. The summed E-state index contributed by atoms with van der Waals surface area (Å²) in [7, 11) is 0. The maximum Gasteiger partial charge on any atom is 0.119 e. The molecule has 3 nitrogen and oxygen atoms in total. The molecule has 0 saturated carbocycles. The molecule has 0 atom stereocenters. The van der Waals surface area contributed by atoms with Crippen molar-refractivity contribution >= 4 is 21.8 Å². The van der Waals surface area contributed by atoms with Crippen molar-refractivity contribution in [1.29, 1.82) is 0 Å². The minimum absolute atomic E-state index is 0.300. The molecule has 0 bridgehead atoms. The molecule has 0 fully saturated rings. The normalized spacial score (nSPS) is 11.9. The largest absolute Gasteiger partial charge is 0.494 e. The first-order valence-electron chi connectivity index (χ1n) is 10.7. The van der Waals surface area contributed by atoms with Crippen molar-refractivity contribution in [1.82, 2.24) is 9.97 Å². The molecule has 0 amide bonds. The molecular weight excluding hydrogens is 368 g/mol. The topological polar surface area (TPSA) is 35.0 Å². The molecule has 2 heterocycles. The molecule has 2 aromatic heterocycles. The summed E-state index contributed by atoms with van der Waals surface area (Å²) in [6, 6.07) is 17.2. The van der Waals surface area contributed by atoms with Gasteiger partial charge in [-0.25, -0.2) is 0 Å². The van der Waals surface area contributed by atoms with Gasteiger partial charge < -0.3 is 4.74 Å². The summed E-state index contributed by atoms with van der Waals surface area (Å²) in [6.07, 6.45) is 6.85. The highest BCUT2D eigenvalue weighted by Gasteiger charge is 2.10. The maximum absolute atomic E-state index is 5.88. The van der Waals surface area contributed by atoms with E-state index in [0.717, 1.165) is 42.7 Å². The van der Waals surface area contributed by atoms with Crippen molar-refractivity contribution in [2.24, 2.45) is 5.41 Å². The van der Waals surface area contributed by atoms with E-state index in [1.54, 1.807) is 0 Å². The third-order valence-corrected chi connectivity index (χ3v) is 5.49. The first kappa shape index (κ1) is 20.3. The first-order valence-corrected chi connectivity index (χ1v) is 10.7. The van der Waals surface area contributed by atoms with E-state index in [4.69, 9.17) is 4.74 Å². The van der Waals surface area contributed by atoms with E-state index in [1.807, 2.05) is 12.4 Å².